The highest BCUT2D eigenvalue weighted by Gasteiger charge is 2.25. The molecule has 26 heavy (non-hydrogen) atoms. The molecule has 1 aromatic carbocycles. The van der Waals surface area contributed by atoms with Gasteiger partial charge in [0.25, 0.3) is 5.91 Å². The van der Waals surface area contributed by atoms with E-state index in [1.807, 2.05) is 4.90 Å². The van der Waals surface area contributed by atoms with Crippen LogP contribution in [-0.2, 0) is 9.59 Å². The molecule has 1 fully saturated rings. The molecule has 0 radical (unpaired) electrons. The Bertz CT molecular complexity index is 696. The van der Waals surface area contributed by atoms with Crippen molar-refractivity contribution in [3.63, 3.8) is 0 Å². The van der Waals surface area contributed by atoms with Gasteiger partial charge in [0.1, 0.15) is 5.75 Å². The zero-order chi connectivity index (χ0) is 18.5. The van der Waals surface area contributed by atoms with Crippen LogP contribution >= 0.6 is 0 Å². The lowest BCUT2D eigenvalue weighted by Crippen LogP contribution is -2.50. The van der Waals surface area contributed by atoms with Crippen LogP contribution in [0.5, 0.6) is 5.75 Å². The Morgan fingerprint density at radius 2 is 1.88 bits per heavy atom. The second kappa shape index (κ2) is 8.21. The molecule has 3 amide bonds. The molecule has 1 N–H and O–H groups in total. The van der Waals surface area contributed by atoms with E-state index in [4.69, 9.17) is 4.74 Å². The molecule has 0 aliphatic carbocycles. The van der Waals surface area contributed by atoms with Crippen LogP contribution in [0.1, 0.15) is 43.0 Å². The summed E-state index contributed by atoms with van der Waals surface area (Å²) in [7, 11) is 0. The standard InChI is InChI=1S/C19H25N3O4/c1-2-3-4-18(24)21-8-10-22(11-9-21)19(25)14-5-6-16-15(13-14)20-17(23)7-12-26-16/h5-6,13H,2-4,7-12H2,1H3,(H,20,23). The first-order valence-corrected chi connectivity index (χ1v) is 9.22. The number of hydrogen-bond donors (Lipinski definition) is 1. The first kappa shape index (κ1) is 18.2. The molecule has 1 saturated heterocycles. The van der Waals surface area contributed by atoms with E-state index in [0.717, 1.165) is 12.8 Å². The van der Waals surface area contributed by atoms with Gasteiger partial charge < -0.3 is 19.9 Å². The number of rotatable bonds is 4. The van der Waals surface area contributed by atoms with Crippen LogP contribution in [0.2, 0.25) is 0 Å². The summed E-state index contributed by atoms with van der Waals surface area (Å²) in [6, 6.07) is 5.11. The maximum absolute atomic E-state index is 12.8. The van der Waals surface area contributed by atoms with Gasteiger partial charge in [-0.1, -0.05) is 13.3 Å². The lowest BCUT2D eigenvalue weighted by molar-refractivity contribution is -0.132. The largest absolute Gasteiger partial charge is 0.491 e. The SMILES string of the molecule is CCCCC(=O)N1CCN(C(=O)c2ccc3c(c2)NC(=O)CCO3)CC1. The third kappa shape index (κ3) is 4.15. The molecule has 0 saturated carbocycles. The number of carbonyl (C=O) groups is 3. The molecule has 0 aromatic heterocycles. The number of nitrogens with zero attached hydrogens (tertiary/aromatic N) is 2. The molecule has 2 aliphatic heterocycles. The van der Waals surface area contributed by atoms with Crippen LogP contribution in [0, 0.1) is 0 Å². The highest BCUT2D eigenvalue weighted by molar-refractivity contribution is 5.98. The molecule has 0 spiro atoms. The van der Waals surface area contributed by atoms with E-state index in [0.29, 0.717) is 62.6 Å². The normalized spacial score (nSPS) is 17.0. The van der Waals surface area contributed by atoms with E-state index in [2.05, 4.69) is 12.2 Å². The molecule has 0 atom stereocenters. The number of nitrogens with one attached hydrogen (secondary N) is 1. The predicted molar refractivity (Wildman–Crippen MR) is 97.2 cm³/mol. The van der Waals surface area contributed by atoms with Gasteiger partial charge >= 0.3 is 0 Å². The van der Waals surface area contributed by atoms with Crippen molar-refractivity contribution >= 4 is 23.4 Å². The number of anilines is 1. The minimum absolute atomic E-state index is 0.0908. The zero-order valence-electron chi connectivity index (χ0n) is 15.1. The number of hydrogen-bond acceptors (Lipinski definition) is 4. The van der Waals surface area contributed by atoms with Crippen molar-refractivity contribution in [2.24, 2.45) is 0 Å². The van der Waals surface area contributed by atoms with E-state index in [1.165, 1.54) is 0 Å². The first-order chi connectivity index (χ1) is 12.6. The number of amides is 3. The Morgan fingerprint density at radius 3 is 2.62 bits per heavy atom. The molecular weight excluding hydrogens is 334 g/mol. The summed E-state index contributed by atoms with van der Waals surface area (Å²) in [6.45, 7) is 4.59. The Hall–Kier alpha value is -2.57. The predicted octanol–water partition coefficient (Wildman–Crippen LogP) is 1.88. The molecular formula is C19H25N3O4. The Kier molecular flexibility index (Phi) is 5.75. The molecule has 0 unspecified atom stereocenters. The third-order valence-corrected chi connectivity index (χ3v) is 4.75. The quantitative estimate of drug-likeness (QED) is 0.890. The maximum atomic E-state index is 12.8. The monoisotopic (exact) mass is 359 g/mol. The molecule has 1 aromatic rings. The van der Waals surface area contributed by atoms with Gasteiger partial charge in [-0.3, -0.25) is 14.4 Å². The number of piperazine rings is 1. The summed E-state index contributed by atoms with van der Waals surface area (Å²) in [5.41, 5.74) is 1.05. The van der Waals surface area contributed by atoms with Gasteiger partial charge in [0.05, 0.1) is 18.7 Å². The van der Waals surface area contributed by atoms with E-state index in [-0.39, 0.29) is 17.7 Å². The molecule has 140 valence electrons. The van der Waals surface area contributed by atoms with Crippen LogP contribution in [0.15, 0.2) is 18.2 Å². The van der Waals surface area contributed by atoms with Crippen LogP contribution in [0.4, 0.5) is 5.69 Å². The fraction of sp³-hybridized carbons (Fsp3) is 0.526. The number of ether oxygens (including phenoxy) is 1. The van der Waals surface area contributed by atoms with E-state index in [9.17, 15) is 14.4 Å². The molecule has 7 heteroatoms. The van der Waals surface area contributed by atoms with Crippen molar-refractivity contribution in [1.82, 2.24) is 9.80 Å². The van der Waals surface area contributed by atoms with Crippen LogP contribution in [-0.4, -0.2) is 60.3 Å². The van der Waals surface area contributed by atoms with E-state index >= 15 is 0 Å². The Balaban J connectivity index is 1.62. The fourth-order valence-corrected chi connectivity index (χ4v) is 3.18. The van der Waals surface area contributed by atoms with Gasteiger partial charge in [0.15, 0.2) is 0 Å². The second-order valence-corrected chi connectivity index (χ2v) is 6.63. The average Bonchev–Trinajstić information content (AvgIpc) is 2.85. The molecule has 0 bridgehead atoms. The highest BCUT2D eigenvalue weighted by atomic mass is 16.5. The van der Waals surface area contributed by atoms with Crippen molar-refractivity contribution in [1.29, 1.82) is 0 Å². The van der Waals surface area contributed by atoms with Crippen molar-refractivity contribution in [2.75, 3.05) is 38.1 Å². The third-order valence-electron chi connectivity index (χ3n) is 4.75. The van der Waals surface area contributed by atoms with Gasteiger partial charge in [0.2, 0.25) is 11.8 Å². The van der Waals surface area contributed by atoms with Crippen molar-refractivity contribution in [3.8, 4) is 5.75 Å². The van der Waals surface area contributed by atoms with E-state index < -0.39 is 0 Å². The summed E-state index contributed by atoms with van der Waals surface area (Å²) in [5, 5.41) is 2.77. The van der Waals surface area contributed by atoms with Gasteiger partial charge in [-0.25, -0.2) is 0 Å². The summed E-state index contributed by atoms with van der Waals surface area (Å²) < 4.78 is 5.52. The van der Waals surface area contributed by atoms with Crippen LogP contribution < -0.4 is 10.1 Å². The van der Waals surface area contributed by atoms with Crippen molar-refractivity contribution in [3.05, 3.63) is 23.8 Å². The lowest BCUT2D eigenvalue weighted by Gasteiger charge is -2.35. The number of carbonyl (C=O) groups excluding carboxylic acids is 3. The summed E-state index contributed by atoms with van der Waals surface area (Å²) in [5.74, 6) is 0.544. The van der Waals surface area contributed by atoms with Gasteiger partial charge in [-0.15, -0.1) is 0 Å². The van der Waals surface area contributed by atoms with Crippen molar-refractivity contribution in [2.45, 2.75) is 32.6 Å². The minimum atomic E-state index is -0.118. The first-order valence-electron chi connectivity index (χ1n) is 9.22. The topological polar surface area (TPSA) is 79.0 Å². The number of unbranched alkanes of at least 4 members (excludes halogenated alkanes) is 1. The van der Waals surface area contributed by atoms with Gasteiger partial charge in [-0.05, 0) is 24.6 Å². The smallest absolute Gasteiger partial charge is 0.254 e. The maximum Gasteiger partial charge on any atom is 0.254 e. The van der Waals surface area contributed by atoms with Gasteiger partial charge in [0, 0.05) is 38.2 Å². The second-order valence-electron chi connectivity index (χ2n) is 6.63. The van der Waals surface area contributed by atoms with Crippen LogP contribution in [0.25, 0.3) is 0 Å². The number of benzene rings is 1. The highest BCUT2D eigenvalue weighted by Crippen LogP contribution is 2.28. The fourth-order valence-electron chi connectivity index (χ4n) is 3.18. The van der Waals surface area contributed by atoms with Crippen LogP contribution in [0.3, 0.4) is 0 Å². The summed E-state index contributed by atoms with van der Waals surface area (Å²) in [6.07, 6.45) is 2.78. The molecule has 2 heterocycles. The van der Waals surface area contributed by atoms with E-state index in [1.54, 1.807) is 23.1 Å². The minimum Gasteiger partial charge on any atom is -0.491 e. The summed E-state index contributed by atoms with van der Waals surface area (Å²) in [4.78, 5) is 40.1. The van der Waals surface area contributed by atoms with Gasteiger partial charge in [-0.2, -0.15) is 0 Å². The summed E-state index contributed by atoms with van der Waals surface area (Å²) >= 11 is 0. The Morgan fingerprint density at radius 1 is 1.15 bits per heavy atom. The zero-order valence-corrected chi connectivity index (χ0v) is 15.1. The van der Waals surface area contributed by atoms with Crippen molar-refractivity contribution < 1.29 is 19.1 Å². The average molecular weight is 359 g/mol. The molecule has 3 rings (SSSR count). The number of fused-ring (bicyclic) bond motifs is 1. The Labute approximate surface area is 153 Å². The lowest BCUT2D eigenvalue weighted by atomic mass is 10.1. The molecule has 2 aliphatic rings. The molecule has 7 nitrogen and oxygen atoms in total.